The lowest BCUT2D eigenvalue weighted by molar-refractivity contribution is 0.0953. The Hall–Kier alpha value is -0.0500. The van der Waals surface area contributed by atoms with Gasteiger partial charge in [0, 0.05) is 12.1 Å². The summed E-state index contributed by atoms with van der Waals surface area (Å²) in [6.45, 7) is 2.83. The molecule has 1 aromatic rings. The Kier molecular flexibility index (Phi) is 6.53. The van der Waals surface area contributed by atoms with Gasteiger partial charge >= 0.3 is 0 Å². The molecule has 17 heavy (non-hydrogen) atoms. The van der Waals surface area contributed by atoms with Crippen LogP contribution in [-0.2, 0) is 0 Å². The van der Waals surface area contributed by atoms with Crippen molar-refractivity contribution < 1.29 is 9.53 Å². The molecule has 0 aliphatic carbocycles. The molecule has 1 N–H and O–H groups in total. The van der Waals surface area contributed by atoms with Crippen molar-refractivity contribution in [2.45, 2.75) is 19.8 Å². The van der Waals surface area contributed by atoms with Gasteiger partial charge in [-0.15, -0.1) is 0 Å². The number of amides is 1. The monoisotopic (exact) mass is 459 g/mol. The van der Waals surface area contributed by atoms with Gasteiger partial charge in [-0.1, -0.05) is 13.3 Å². The van der Waals surface area contributed by atoms with E-state index < -0.39 is 0 Å². The van der Waals surface area contributed by atoms with Gasteiger partial charge < -0.3 is 10.1 Å². The number of rotatable bonds is 5. The van der Waals surface area contributed by atoms with Gasteiger partial charge in [0.2, 0.25) is 0 Å². The van der Waals surface area contributed by atoms with Crippen molar-refractivity contribution >= 4 is 51.1 Å². The number of benzene rings is 1. The van der Waals surface area contributed by atoms with Crippen LogP contribution in [0.15, 0.2) is 12.1 Å². The lowest BCUT2D eigenvalue weighted by Crippen LogP contribution is -2.24. The molecule has 0 atom stereocenters. The lowest BCUT2D eigenvalue weighted by atomic mass is 10.2. The second-order valence-electron chi connectivity index (χ2n) is 3.58. The van der Waals surface area contributed by atoms with Gasteiger partial charge in [-0.05, 0) is 63.7 Å². The molecule has 3 nitrogen and oxygen atoms in total. The average Bonchev–Trinajstić information content (AvgIpc) is 2.28. The number of hydrogen-bond donors (Lipinski definition) is 1. The highest BCUT2D eigenvalue weighted by atomic mass is 127. The van der Waals surface area contributed by atoms with Gasteiger partial charge in [-0.3, -0.25) is 4.79 Å². The zero-order valence-corrected chi connectivity index (χ0v) is 14.2. The molecule has 0 unspecified atom stereocenters. The molecule has 0 heterocycles. The van der Waals surface area contributed by atoms with Gasteiger partial charge in [-0.25, -0.2) is 0 Å². The number of unbranched alkanes of at least 4 members (excludes halogenated alkanes) is 1. The van der Waals surface area contributed by atoms with Gasteiger partial charge in [0.25, 0.3) is 5.91 Å². The quantitative estimate of drug-likeness (QED) is 0.542. The minimum Gasteiger partial charge on any atom is -0.495 e. The van der Waals surface area contributed by atoms with Crippen molar-refractivity contribution in [3.63, 3.8) is 0 Å². The number of methoxy groups -OCH3 is 1. The van der Waals surface area contributed by atoms with Gasteiger partial charge in [0.1, 0.15) is 5.75 Å². The van der Waals surface area contributed by atoms with Crippen LogP contribution < -0.4 is 10.1 Å². The second-order valence-corrected chi connectivity index (χ2v) is 5.91. The van der Waals surface area contributed by atoms with Crippen LogP contribution in [0.5, 0.6) is 5.75 Å². The maximum atomic E-state index is 11.9. The Morgan fingerprint density at radius 2 is 1.94 bits per heavy atom. The molecule has 0 saturated carbocycles. The van der Waals surface area contributed by atoms with E-state index in [0.29, 0.717) is 5.56 Å². The summed E-state index contributed by atoms with van der Waals surface area (Å²) in [5.74, 6) is 0.813. The number of ether oxygens (including phenoxy) is 1. The Bertz CT molecular complexity index is 384. The summed E-state index contributed by atoms with van der Waals surface area (Å²) < 4.78 is 7.17. The Balaban J connectivity index is 2.81. The van der Waals surface area contributed by atoms with E-state index in [1.54, 1.807) is 7.11 Å². The van der Waals surface area contributed by atoms with E-state index in [1.807, 2.05) is 12.1 Å². The third kappa shape index (κ3) is 4.27. The standard InChI is InChI=1S/C12H15I2NO2/c1-3-4-5-15-12(16)8-6-9(13)11(17-2)10(14)7-8/h6-7H,3-5H2,1-2H3,(H,15,16). The number of halogens is 2. The third-order valence-electron chi connectivity index (χ3n) is 2.28. The minimum atomic E-state index is -0.0167. The number of carbonyl (C=O) groups excluding carboxylic acids is 1. The van der Waals surface area contributed by atoms with Crippen molar-refractivity contribution in [1.29, 1.82) is 0 Å². The Morgan fingerprint density at radius 3 is 2.41 bits per heavy atom. The molecule has 0 aliphatic heterocycles. The van der Waals surface area contributed by atoms with Crippen LogP contribution in [0.2, 0.25) is 0 Å². The molecule has 1 rings (SSSR count). The van der Waals surface area contributed by atoms with Crippen molar-refractivity contribution in [2.75, 3.05) is 13.7 Å². The maximum absolute atomic E-state index is 11.9. The number of nitrogens with one attached hydrogen (secondary N) is 1. The molecule has 1 amide bonds. The summed E-state index contributed by atoms with van der Waals surface area (Å²) >= 11 is 4.36. The van der Waals surface area contributed by atoms with Crippen molar-refractivity contribution in [2.24, 2.45) is 0 Å². The molecule has 0 aromatic heterocycles. The molecule has 0 spiro atoms. The van der Waals surface area contributed by atoms with Crippen LogP contribution in [0.4, 0.5) is 0 Å². The van der Waals surface area contributed by atoms with E-state index in [1.165, 1.54) is 0 Å². The van der Waals surface area contributed by atoms with Crippen LogP contribution >= 0.6 is 45.2 Å². The molecule has 0 radical (unpaired) electrons. The summed E-state index contributed by atoms with van der Waals surface area (Å²) in [6.07, 6.45) is 2.09. The van der Waals surface area contributed by atoms with Crippen molar-refractivity contribution in [3.05, 3.63) is 24.8 Å². The largest absolute Gasteiger partial charge is 0.495 e. The molecule has 94 valence electrons. The Labute approximate surface area is 129 Å². The zero-order valence-electron chi connectivity index (χ0n) is 9.85. The molecule has 0 aliphatic rings. The first kappa shape index (κ1) is 15.0. The van der Waals surface area contributed by atoms with E-state index >= 15 is 0 Å². The van der Waals surface area contributed by atoms with Crippen LogP contribution in [0, 0.1) is 7.14 Å². The highest BCUT2D eigenvalue weighted by molar-refractivity contribution is 14.1. The summed E-state index contributed by atoms with van der Waals surface area (Å²) in [7, 11) is 1.64. The zero-order chi connectivity index (χ0) is 12.8. The molecule has 1 aromatic carbocycles. The third-order valence-corrected chi connectivity index (χ3v) is 3.88. The van der Waals surface area contributed by atoms with Gasteiger partial charge in [0.05, 0.1) is 14.3 Å². The molecule has 0 fully saturated rings. The first-order chi connectivity index (χ1) is 8.10. The van der Waals surface area contributed by atoms with E-state index in [9.17, 15) is 4.79 Å². The molecular weight excluding hydrogens is 444 g/mol. The second kappa shape index (κ2) is 7.40. The molecule has 0 bridgehead atoms. The molecule has 0 saturated heterocycles. The van der Waals surface area contributed by atoms with Crippen molar-refractivity contribution in [1.82, 2.24) is 5.32 Å². The summed E-state index contributed by atoms with van der Waals surface area (Å²) in [6, 6.07) is 3.70. The molecule has 5 heteroatoms. The predicted molar refractivity (Wildman–Crippen MR) is 85.7 cm³/mol. The SMILES string of the molecule is CCCCNC(=O)c1cc(I)c(OC)c(I)c1. The number of hydrogen-bond acceptors (Lipinski definition) is 2. The predicted octanol–water partition coefficient (Wildman–Crippen LogP) is 3.43. The normalized spacial score (nSPS) is 10.1. The van der Waals surface area contributed by atoms with E-state index in [4.69, 9.17) is 4.74 Å². The number of carbonyl (C=O) groups is 1. The minimum absolute atomic E-state index is 0.0167. The first-order valence-corrected chi connectivity index (χ1v) is 7.57. The van der Waals surface area contributed by atoms with Crippen molar-refractivity contribution in [3.8, 4) is 5.75 Å². The van der Waals surface area contributed by atoms with Crippen LogP contribution in [0.25, 0.3) is 0 Å². The topological polar surface area (TPSA) is 38.3 Å². The average molecular weight is 459 g/mol. The fourth-order valence-corrected chi connectivity index (χ4v) is 3.58. The summed E-state index contributed by atoms with van der Waals surface area (Å²) in [5, 5.41) is 2.91. The first-order valence-electron chi connectivity index (χ1n) is 5.41. The maximum Gasteiger partial charge on any atom is 0.251 e. The highest BCUT2D eigenvalue weighted by Crippen LogP contribution is 2.28. The van der Waals surface area contributed by atoms with Gasteiger partial charge in [0.15, 0.2) is 0 Å². The van der Waals surface area contributed by atoms with E-state index in [-0.39, 0.29) is 5.91 Å². The lowest BCUT2D eigenvalue weighted by Gasteiger charge is -2.09. The summed E-state index contributed by atoms with van der Waals surface area (Å²) in [5.41, 5.74) is 0.690. The van der Waals surface area contributed by atoms with E-state index in [0.717, 1.165) is 32.3 Å². The fraction of sp³-hybridized carbons (Fsp3) is 0.417. The van der Waals surface area contributed by atoms with Gasteiger partial charge in [-0.2, -0.15) is 0 Å². The van der Waals surface area contributed by atoms with Crippen LogP contribution in [0.3, 0.4) is 0 Å². The highest BCUT2D eigenvalue weighted by Gasteiger charge is 2.12. The summed E-state index contributed by atoms with van der Waals surface area (Å²) in [4.78, 5) is 11.9. The van der Waals surface area contributed by atoms with E-state index in [2.05, 4.69) is 57.4 Å². The van der Waals surface area contributed by atoms with Crippen LogP contribution in [-0.4, -0.2) is 19.6 Å². The Morgan fingerprint density at radius 1 is 1.35 bits per heavy atom. The molecular formula is C12H15I2NO2. The fourth-order valence-electron chi connectivity index (χ4n) is 1.37. The van der Waals surface area contributed by atoms with Crippen LogP contribution in [0.1, 0.15) is 30.1 Å². The smallest absolute Gasteiger partial charge is 0.251 e.